The molecule has 29 heavy (non-hydrogen) atoms. The fourth-order valence-corrected chi connectivity index (χ4v) is 2.96. The molecule has 0 fully saturated rings. The highest BCUT2D eigenvalue weighted by molar-refractivity contribution is 6.34. The molecule has 0 bridgehead atoms. The number of benzene rings is 2. The van der Waals surface area contributed by atoms with E-state index in [2.05, 4.69) is 9.84 Å². The zero-order valence-electron chi connectivity index (χ0n) is 14.4. The van der Waals surface area contributed by atoms with E-state index in [9.17, 15) is 23.3 Å². The van der Waals surface area contributed by atoms with Crippen molar-refractivity contribution in [1.82, 2.24) is 9.78 Å². The Hall–Kier alpha value is -2.98. The van der Waals surface area contributed by atoms with Gasteiger partial charge >= 0.3 is 12.3 Å². The van der Waals surface area contributed by atoms with E-state index in [1.807, 2.05) is 0 Å². The second-order valence-corrected chi connectivity index (χ2v) is 6.34. The second-order valence-electron chi connectivity index (χ2n) is 5.56. The number of nitrogens with zero attached hydrogens (tertiary/aromatic N) is 3. The first-order chi connectivity index (χ1) is 13.7. The summed E-state index contributed by atoms with van der Waals surface area (Å²) in [5.41, 5.74) is -0.767. The Bertz CT molecular complexity index is 1090. The summed E-state index contributed by atoms with van der Waals surface area (Å²) >= 11 is 12.0. The van der Waals surface area contributed by atoms with Gasteiger partial charge in [-0.25, -0.2) is 9.07 Å². The molecule has 152 valence electrons. The van der Waals surface area contributed by atoms with Gasteiger partial charge in [-0.05, 0) is 18.2 Å². The number of aromatic nitrogens is 2. The van der Waals surface area contributed by atoms with Gasteiger partial charge < -0.3 is 9.47 Å². The van der Waals surface area contributed by atoms with Crippen molar-refractivity contribution in [2.45, 2.75) is 6.61 Å². The molecule has 0 unspecified atom stereocenters. The monoisotopic (exact) mass is 447 g/mol. The number of nitro groups is 1. The van der Waals surface area contributed by atoms with E-state index in [1.54, 1.807) is 0 Å². The van der Waals surface area contributed by atoms with E-state index < -0.39 is 23.2 Å². The average Bonchev–Trinajstić information content (AvgIpc) is 2.92. The molecule has 12 heteroatoms. The van der Waals surface area contributed by atoms with Crippen LogP contribution in [0.15, 0.2) is 36.4 Å². The van der Waals surface area contributed by atoms with E-state index in [4.69, 9.17) is 27.9 Å². The summed E-state index contributed by atoms with van der Waals surface area (Å²) in [4.78, 5) is 10.5. The van der Waals surface area contributed by atoms with Crippen LogP contribution < -0.4 is 9.47 Å². The van der Waals surface area contributed by atoms with Crippen LogP contribution >= 0.6 is 23.2 Å². The predicted molar refractivity (Wildman–Crippen MR) is 98.4 cm³/mol. The summed E-state index contributed by atoms with van der Waals surface area (Å²) in [6.07, 6.45) is 0. The third kappa shape index (κ3) is 4.22. The molecule has 0 spiro atoms. The van der Waals surface area contributed by atoms with Crippen LogP contribution in [0.1, 0.15) is 0 Å². The summed E-state index contributed by atoms with van der Waals surface area (Å²) in [5, 5.41) is 14.5. The minimum atomic E-state index is -3.16. The molecule has 1 aromatic heterocycles. The summed E-state index contributed by atoms with van der Waals surface area (Å²) in [6.45, 7) is -3.16. The quantitative estimate of drug-likeness (QED) is 0.350. The molecule has 7 nitrogen and oxygen atoms in total. The van der Waals surface area contributed by atoms with Crippen molar-refractivity contribution in [1.29, 1.82) is 0 Å². The van der Waals surface area contributed by atoms with Gasteiger partial charge in [0.2, 0.25) is 11.6 Å². The number of nitro benzene ring substituents is 1. The van der Waals surface area contributed by atoms with Crippen molar-refractivity contribution in [3.05, 3.63) is 62.4 Å². The van der Waals surface area contributed by atoms with Gasteiger partial charge in [0.25, 0.3) is 0 Å². The van der Waals surface area contributed by atoms with E-state index in [-0.39, 0.29) is 38.5 Å². The van der Waals surface area contributed by atoms with Crippen molar-refractivity contribution in [2.75, 3.05) is 0 Å². The Morgan fingerprint density at radius 3 is 2.55 bits per heavy atom. The highest BCUT2D eigenvalue weighted by atomic mass is 35.5. The molecule has 0 saturated heterocycles. The molecule has 0 aliphatic heterocycles. The molecule has 3 aromatic rings. The van der Waals surface area contributed by atoms with Gasteiger partial charge in [0.15, 0.2) is 0 Å². The third-order valence-corrected chi connectivity index (χ3v) is 4.33. The van der Waals surface area contributed by atoms with Gasteiger partial charge in [-0.1, -0.05) is 35.3 Å². The molecular weight excluding hydrogens is 438 g/mol. The van der Waals surface area contributed by atoms with Gasteiger partial charge in [0.1, 0.15) is 22.3 Å². The van der Waals surface area contributed by atoms with E-state index in [1.165, 1.54) is 31.3 Å². The lowest BCUT2D eigenvalue weighted by molar-refractivity contribution is -0.385. The molecule has 0 N–H and O–H groups in total. The average molecular weight is 448 g/mol. The van der Waals surface area contributed by atoms with Crippen molar-refractivity contribution in [3.63, 3.8) is 0 Å². The summed E-state index contributed by atoms with van der Waals surface area (Å²) in [6, 6.07) is 7.50. The molecule has 0 atom stereocenters. The number of aryl methyl sites for hydroxylation is 1. The minimum Gasteiger partial charge on any atom is -0.449 e. The highest BCUT2D eigenvalue weighted by Crippen LogP contribution is 2.41. The molecule has 0 saturated carbocycles. The van der Waals surface area contributed by atoms with Crippen molar-refractivity contribution in [2.24, 2.45) is 7.05 Å². The maximum atomic E-state index is 14.5. The van der Waals surface area contributed by atoms with Crippen LogP contribution in [0.4, 0.5) is 18.9 Å². The number of ether oxygens (including phenoxy) is 2. The Morgan fingerprint density at radius 1 is 1.21 bits per heavy atom. The van der Waals surface area contributed by atoms with Crippen molar-refractivity contribution >= 4 is 28.9 Å². The van der Waals surface area contributed by atoms with Crippen LogP contribution in [0.3, 0.4) is 0 Å². The lowest BCUT2D eigenvalue weighted by Crippen LogP contribution is -2.06. The highest BCUT2D eigenvalue weighted by Gasteiger charge is 2.24. The number of hydrogen-bond donors (Lipinski definition) is 0. The second kappa shape index (κ2) is 8.18. The molecule has 0 radical (unpaired) electrons. The number of alkyl halides is 2. The lowest BCUT2D eigenvalue weighted by atomic mass is 10.1. The van der Waals surface area contributed by atoms with E-state index in [0.29, 0.717) is 0 Å². The summed E-state index contributed by atoms with van der Waals surface area (Å²) in [5.74, 6) is -1.60. The minimum absolute atomic E-state index is 0.129. The topological polar surface area (TPSA) is 79.4 Å². The first kappa shape index (κ1) is 20.7. The van der Waals surface area contributed by atoms with Crippen molar-refractivity contribution < 1.29 is 27.6 Å². The Morgan fingerprint density at radius 2 is 1.90 bits per heavy atom. The van der Waals surface area contributed by atoms with Crippen LogP contribution in [0.5, 0.6) is 17.4 Å². The van der Waals surface area contributed by atoms with Gasteiger partial charge in [0, 0.05) is 18.7 Å². The van der Waals surface area contributed by atoms with Gasteiger partial charge in [0.05, 0.1) is 9.95 Å². The fourth-order valence-electron chi connectivity index (χ4n) is 2.47. The maximum Gasteiger partial charge on any atom is 0.388 e. The van der Waals surface area contributed by atoms with Gasteiger partial charge in [-0.3, -0.25) is 10.1 Å². The molecule has 0 aliphatic rings. The largest absolute Gasteiger partial charge is 0.449 e. The number of para-hydroxylation sites is 2. The zero-order valence-corrected chi connectivity index (χ0v) is 15.9. The number of rotatable bonds is 6. The standard InChI is InChI=1S/C17H10Cl2F3N3O4/c1-24-16(29-17(21)22)14(19)15(23-24)8-6-13(9(18)7-10(8)20)28-12-5-3-2-4-11(12)25(26)27/h2-7,17H,1H3. The summed E-state index contributed by atoms with van der Waals surface area (Å²) < 4.78 is 50.3. The number of hydrogen-bond acceptors (Lipinski definition) is 5. The third-order valence-electron chi connectivity index (χ3n) is 3.70. The molecule has 0 aliphatic carbocycles. The van der Waals surface area contributed by atoms with Crippen LogP contribution in [-0.2, 0) is 7.05 Å². The van der Waals surface area contributed by atoms with Crippen LogP contribution in [0.2, 0.25) is 10.0 Å². The molecule has 1 heterocycles. The molecular formula is C17H10Cl2F3N3O4. The van der Waals surface area contributed by atoms with Crippen LogP contribution in [-0.4, -0.2) is 21.3 Å². The Balaban J connectivity index is 2.07. The van der Waals surface area contributed by atoms with E-state index in [0.717, 1.165) is 16.8 Å². The summed E-state index contributed by atoms with van der Waals surface area (Å²) in [7, 11) is 1.28. The smallest absolute Gasteiger partial charge is 0.388 e. The predicted octanol–water partition coefficient (Wildman–Crippen LogP) is 5.83. The van der Waals surface area contributed by atoms with Crippen LogP contribution in [0.25, 0.3) is 11.3 Å². The Kier molecular flexibility index (Phi) is 5.85. The first-order valence-electron chi connectivity index (χ1n) is 7.77. The van der Waals surface area contributed by atoms with E-state index >= 15 is 0 Å². The first-order valence-corrected chi connectivity index (χ1v) is 8.52. The molecule has 3 rings (SSSR count). The van der Waals surface area contributed by atoms with Crippen LogP contribution in [0, 0.1) is 15.9 Å². The SMILES string of the molecule is Cn1nc(-c2cc(Oc3ccccc3[N+](=O)[O-])c(Cl)cc2F)c(Cl)c1OC(F)F. The molecule has 2 aromatic carbocycles. The fraction of sp³-hybridized carbons (Fsp3) is 0.118. The zero-order chi connectivity index (χ0) is 21.3. The lowest BCUT2D eigenvalue weighted by Gasteiger charge is -2.10. The Labute approximate surface area is 171 Å². The molecule has 0 amide bonds. The maximum absolute atomic E-state index is 14.5. The van der Waals surface area contributed by atoms with Crippen molar-refractivity contribution in [3.8, 4) is 28.6 Å². The number of halogens is 5. The normalized spacial score (nSPS) is 11.0. The van der Waals surface area contributed by atoms with Gasteiger partial charge in [-0.2, -0.15) is 13.9 Å². The van der Waals surface area contributed by atoms with Gasteiger partial charge in [-0.15, -0.1) is 0 Å².